The van der Waals surface area contributed by atoms with Gasteiger partial charge in [-0.05, 0) is 6.07 Å². The lowest BCUT2D eigenvalue weighted by Gasteiger charge is -2.04. The van der Waals surface area contributed by atoms with Crippen molar-refractivity contribution in [3.8, 4) is 5.88 Å². The van der Waals surface area contributed by atoms with Crippen molar-refractivity contribution in [2.75, 3.05) is 7.11 Å². The lowest BCUT2D eigenvalue weighted by molar-refractivity contribution is 0.395. The van der Waals surface area contributed by atoms with Crippen LogP contribution in [0.25, 0.3) is 0 Å². The first-order valence-electron chi connectivity index (χ1n) is 4.93. The van der Waals surface area contributed by atoms with Crippen LogP contribution in [0, 0.1) is 0 Å². The molecule has 6 heteroatoms. The average Bonchev–Trinajstić information content (AvgIpc) is 2.82. The Morgan fingerprint density at radius 1 is 1.38 bits per heavy atom. The Bertz CT molecular complexity index is 429. The first-order valence-corrected chi connectivity index (χ1v) is 4.93. The van der Waals surface area contributed by atoms with Gasteiger partial charge in [0.15, 0.2) is 0 Å². The van der Waals surface area contributed by atoms with Crippen molar-refractivity contribution in [3.05, 3.63) is 36.0 Å². The van der Waals surface area contributed by atoms with Crippen molar-refractivity contribution in [1.29, 1.82) is 0 Å². The molecule has 16 heavy (non-hydrogen) atoms. The number of rotatable bonds is 5. The van der Waals surface area contributed by atoms with Crippen LogP contribution < -0.4 is 10.1 Å². The van der Waals surface area contributed by atoms with E-state index in [4.69, 9.17) is 4.74 Å². The highest BCUT2D eigenvalue weighted by molar-refractivity contribution is 5.15. The van der Waals surface area contributed by atoms with Gasteiger partial charge in [-0.3, -0.25) is 5.10 Å². The molecule has 0 aliphatic carbocycles. The Balaban J connectivity index is 1.85. The van der Waals surface area contributed by atoms with Crippen molar-refractivity contribution in [2.45, 2.75) is 13.1 Å². The van der Waals surface area contributed by atoms with Gasteiger partial charge in [0, 0.05) is 12.6 Å². The van der Waals surface area contributed by atoms with Crippen LogP contribution >= 0.6 is 0 Å². The summed E-state index contributed by atoms with van der Waals surface area (Å²) in [5.74, 6) is 1.43. The third-order valence-electron chi connectivity index (χ3n) is 2.05. The Labute approximate surface area is 93.1 Å². The molecule has 0 fully saturated rings. The van der Waals surface area contributed by atoms with E-state index in [0.717, 1.165) is 11.5 Å². The minimum Gasteiger partial charge on any atom is -0.481 e. The van der Waals surface area contributed by atoms with E-state index in [1.807, 2.05) is 18.2 Å². The van der Waals surface area contributed by atoms with Gasteiger partial charge in [-0.1, -0.05) is 6.07 Å². The number of nitrogens with zero attached hydrogens (tertiary/aromatic N) is 3. The Morgan fingerprint density at radius 3 is 3.06 bits per heavy atom. The van der Waals surface area contributed by atoms with Crippen molar-refractivity contribution in [1.82, 2.24) is 25.5 Å². The molecule has 0 aliphatic rings. The third-order valence-corrected chi connectivity index (χ3v) is 2.05. The number of aromatic amines is 1. The number of nitrogens with one attached hydrogen (secondary N) is 2. The summed E-state index contributed by atoms with van der Waals surface area (Å²) in [4.78, 5) is 8.29. The molecule has 0 aliphatic heterocycles. The molecule has 84 valence electrons. The van der Waals surface area contributed by atoms with E-state index < -0.39 is 0 Å². The summed E-state index contributed by atoms with van der Waals surface area (Å²) in [6, 6.07) is 5.67. The fraction of sp³-hybridized carbons (Fsp3) is 0.300. The van der Waals surface area contributed by atoms with Gasteiger partial charge in [0.25, 0.3) is 0 Å². The molecular formula is C10H13N5O. The second kappa shape index (κ2) is 5.22. The topological polar surface area (TPSA) is 75.7 Å². The van der Waals surface area contributed by atoms with Crippen LogP contribution in [0.15, 0.2) is 24.5 Å². The zero-order valence-electron chi connectivity index (χ0n) is 8.97. The Hall–Kier alpha value is -1.95. The normalized spacial score (nSPS) is 10.3. The monoisotopic (exact) mass is 219 g/mol. The van der Waals surface area contributed by atoms with Gasteiger partial charge in [-0.15, -0.1) is 0 Å². The molecule has 0 bridgehead atoms. The number of aromatic nitrogens is 4. The maximum atomic E-state index is 5.04. The first-order chi connectivity index (χ1) is 7.88. The maximum absolute atomic E-state index is 5.04. The van der Waals surface area contributed by atoms with E-state index in [0.29, 0.717) is 19.0 Å². The molecule has 0 aromatic carbocycles. The summed E-state index contributed by atoms with van der Waals surface area (Å²) in [5, 5.41) is 9.74. The summed E-state index contributed by atoms with van der Waals surface area (Å²) in [5.41, 5.74) is 0.930. The van der Waals surface area contributed by atoms with Crippen LogP contribution in [0.2, 0.25) is 0 Å². The Morgan fingerprint density at radius 2 is 2.31 bits per heavy atom. The second-order valence-electron chi connectivity index (χ2n) is 3.21. The van der Waals surface area contributed by atoms with E-state index >= 15 is 0 Å². The molecule has 0 unspecified atom stereocenters. The zero-order chi connectivity index (χ0) is 11.2. The predicted octanol–water partition coefficient (Wildman–Crippen LogP) is 0.498. The number of methoxy groups -OCH3 is 1. The van der Waals surface area contributed by atoms with E-state index in [9.17, 15) is 0 Å². The molecule has 6 nitrogen and oxygen atoms in total. The van der Waals surface area contributed by atoms with Crippen LogP contribution in [-0.4, -0.2) is 27.3 Å². The standard InChI is InChI=1S/C10H13N5O/c1-16-10-4-2-3-8(14-10)5-11-6-9-12-7-13-15-9/h2-4,7,11H,5-6H2,1H3,(H,12,13,15). The summed E-state index contributed by atoms with van der Waals surface area (Å²) in [7, 11) is 1.61. The largest absolute Gasteiger partial charge is 0.481 e. The minimum atomic E-state index is 0.624. The van der Waals surface area contributed by atoms with Gasteiger partial charge in [-0.25, -0.2) is 9.97 Å². The molecule has 2 aromatic rings. The minimum absolute atomic E-state index is 0.624. The van der Waals surface area contributed by atoms with Crippen molar-refractivity contribution < 1.29 is 4.74 Å². The molecule has 2 N–H and O–H groups in total. The summed E-state index contributed by atoms with van der Waals surface area (Å²) in [6.45, 7) is 1.30. The number of hydrogen-bond acceptors (Lipinski definition) is 5. The second-order valence-corrected chi connectivity index (χ2v) is 3.21. The number of pyridine rings is 1. The first kappa shape index (κ1) is 10.6. The van der Waals surface area contributed by atoms with Gasteiger partial charge in [0.05, 0.1) is 19.3 Å². The van der Waals surface area contributed by atoms with Crippen LogP contribution in [0.3, 0.4) is 0 Å². The molecule has 0 atom stereocenters. The lowest BCUT2D eigenvalue weighted by Crippen LogP contribution is -2.14. The molecule has 0 radical (unpaired) electrons. The molecule has 0 saturated carbocycles. The van der Waals surface area contributed by atoms with E-state index in [1.54, 1.807) is 7.11 Å². The van der Waals surface area contributed by atoms with E-state index in [1.165, 1.54) is 6.33 Å². The van der Waals surface area contributed by atoms with Crippen LogP contribution in [-0.2, 0) is 13.1 Å². The van der Waals surface area contributed by atoms with Crippen LogP contribution in [0.1, 0.15) is 11.5 Å². The van der Waals surface area contributed by atoms with Crippen LogP contribution in [0.4, 0.5) is 0 Å². The Kier molecular flexibility index (Phi) is 3.45. The van der Waals surface area contributed by atoms with E-state index in [2.05, 4.69) is 25.5 Å². The average molecular weight is 219 g/mol. The lowest BCUT2D eigenvalue weighted by atomic mass is 10.3. The zero-order valence-corrected chi connectivity index (χ0v) is 8.97. The van der Waals surface area contributed by atoms with Gasteiger partial charge >= 0.3 is 0 Å². The number of ether oxygens (including phenoxy) is 1. The highest BCUT2D eigenvalue weighted by Gasteiger charge is 1.98. The summed E-state index contributed by atoms with van der Waals surface area (Å²) in [6.07, 6.45) is 1.49. The SMILES string of the molecule is COc1cccc(CNCc2ncn[nH]2)n1. The molecule has 0 amide bonds. The summed E-state index contributed by atoms with van der Waals surface area (Å²) >= 11 is 0. The van der Waals surface area contributed by atoms with Gasteiger partial charge in [0.1, 0.15) is 12.2 Å². The van der Waals surface area contributed by atoms with Crippen molar-refractivity contribution >= 4 is 0 Å². The fourth-order valence-electron chi connectivity index (χ4n) is 1.29. The van der Waals surface area contributed by atoms with Gasteiger partial charge < -0.3 is 10.1 Å². The predicted molar refractivity (Wildman–Crippen MR) is 57.7 cm³/mol. The summed E-state index contributed by atoms with van der Waals surface area (Å²) < 4.78 is 5.04. The van der Waals surface area contributed by atoms with Gasteiger partial charge in [-0.2, -0.15) is 5.10 Å². The fourth-order valence-corrected chi connectivity index (χ4v) is 1.29. The van der Waals surface area contributed by atoms with Crippen molar-refractivity contribution in [2.24, 2.45) is 0 Å². The molecular weight excluding hydrogens is 206 g/mol. The highest BCUT2D eigenvalue weighted by Crippen LogP contribution is 2.06. The smallest absolute Gasteiger partial charge is 0.213 e. The molecule has 0 spiro atoms. The molecule has 2 rings (SSSR count). The molecule has 0 saturated heterocycles. The molecule has 2 aromatic heterocycles. The highest BCUT2D eigenvalue weighted by atomic mass is 16.5. The third kappa shape index (κ3) is 2.77. The van der Waals surface area contributed by atoms with E-state index in [-0.39, 0.29) is 0 Å². The van der Waals surface area contributed by atoms with Crippen molar-refractivity contribution in [3.63, 3.8) is 0 Å². The molecule has 2 heterocycles. The number of hydrogen-bond donors (Lipinski definition) is 2. The number of H-pyrrole nitrogens is 1. The quantitative estimate of drug-likeness (QED) is 0.765. The maximum Gasteiger partial charge on any atom is 0.213 e. The van der Waals surface area contributed by atoms with Gasteiger partial charge in [0.2, 0.25) is 5.88 Å². The van der Waals surface area contributed by atoms with Crippen LogP contribution in [0.5, 0.6) is 5.88 Å².